The Hall–Kier alpha value is -1.30. The van der Waals surface area contributed by atoms with E-state index in [2.05, 4.69) is 47.7 Å². The SMILES string of the molecule is CC(C)c1ccc(-n2ccnc2SCCC2COCCO2)cc1. The summed E-state index contributed by atoms with van der Waals surface area (Å²) in [6.07, 6.45) is 5.10. The molecule has 1 saturated heterocycles. The van der Waals surface area contributed by atoms with Crippen molar-refractivity contribution >= 4 is 11.8 Å². The molecule has 0 N–H and O–H groups in total. The second-order valence-electron chi connectivity index (χ2n) is 6.03. The zero-order valence-electron chi connectivity index (χ0n) is 13.8. The normalized spacial score (nSPS) is 18.5. The number of imidazole rings is 1. The molecule has 1 unspecified atom stereocenters. The largest absolute Gasteiger partial charge is 0.376 e. The summed E-state index contributed by atoms with van der Waals surface area (Å²) in [5, 5.41) is 1.03. The van der Waals surface area contributed by atoms with Gasteiger partial charge in [0, 0.05) is 23.8 Å². The van der Waals surface area contributed by atoms with Gasteiger partial charge in [0.1, 0.15) is 0 Å². The topological polar surface area (TPSA) is 36.3 Å². The Labute approximate surface area is 142 Å². The van der Waals surface area contributed by atoms with Crippen LogP contribution in [0.1, 0.15) is 31.7 Å². The highest BCUT2D eigenvalue weighted by Gasteiger charge is 2.15. The first-order valence-electron chi connectivity index (χ1n) is 8.20. The predicted molar refractivity (Wildman–Crippen MR) is 93.6 cm³/mol. The summed E-state index contributed by atoms with van der Waals surface area (Å²) in [6.45, 7) is 6.58. The summed E-state index contributed by atoms with van der Waals surface area (Å²) in [5.41, 5.74) is 2.52. The molecule has 4 nitrogen and oxygen atoms in total. The molecule has 0 bridgehead atoms. The Morgan fingerprint density at radius 2 is 2.09 bits per heavy atom. The molecule has 0 radical (unpaired) electrons. The maximum absolute atomic E-state index is 5.68. The van der Waals surface area contributed by atoms with E-state index >= 15 is 0 Å². The van der Waals surface area contributed by atoms with Crippen LogP contribution in [-0.4, -0.2) is 41.2 Å². The van der Waals surface area contributed by atoms with E-state index in [0.29, 0.717) is 19.1 Å². The van der Waals surface area contributed by atoms with Crippen LogP contribution in [0.4, 0.5) is 0 Å². The van der Waals surface area contributed by atoms with Crippen LogP contribution in [0.15, 0.2) is 41.8 Å². The van der Waals surface area contributed by atoms with E-state index in [1.54, 1.807) is 11.8 Å². The van der Waals surface area contributed by atoms with Crippen LogP contribution in [0.25, 0.3) is 5.69 Å². The monoisotopic (exact) mass is 332 g/mol. The molecule has 2 heterocycles. The number of nitrogens with zero attached hydrogens (tertiary/aromatic N) is 2. The maximum Gasteiger partial charge on any atom is 0.172 e. The fourth-order valence-corrected chi connectivity index (χ4v) is 3.60. The van der Waals surface area contributed by atoms with Crippen molar-refractivity contribution in [2.45, 2.75) is 37.4 Å². The van der Waals surface area contributed by atoms with Crippen LogP contribution >= 0.6 is 11.8 Å². The van der Waals surface area contributed by atoms with Gasteiger partial charge in [-0.1, -0.05) is 37.7 Å². The van der Waals surface area contributed by atoms with Gasteiger partial charge in [-0.25, -0.2) is 4.98 Å². The maximum atomic E-state index is 5.68. The van der Waals surface area contributed by atoms with Gasteiger partial charge in [-0.2, -0.15) is 0 Å². The van der Waals surface area contributed by atoms with Gasteiger partial charge in [0.15, 0.2) is 5.16 Å². The number of rotatable bonds is 6. The molecule has 1 aromatic carbocycles. The van der Waals surface area contributed by atoms with E-state index in [9.17, 15) is 0 Å². The van der Waals surface area contributed by atoms with Crippen molar-refractivity contribution in [1.82, 2.24) is 9.55 Å². The van der Waals surface area contributed by atoms with Crippen LogP contribution in [-0.2, 0) is 9.47 Å². The molecule has 124 valence electrons. The van der Waals surface area contributed by atoms with Gasteiger partial charge in [0.05, 0.1) is 25.9 Å². The van der Waals surface area contributed by atoms with Gasteiger partial charge in [0.25, 0.3) is 0 Å². The van der Waals surface area contributed by atoms with E-state index in [-0.39, 0.29) is 6.10 Å². The first-order valence-corrected chi connectivity index (χ1v) is 9.18. The molecule has 1 aromatic heterocycles. The van der Waals surface area contributed by atoms with E-state index in [4.69, 9.17) is 9.47 Å². The zero-order chi connectivity index (χ0) is 16.1. The van der Waals surface area contributed by atoms with Crippen LogP contribution in [0, 0.1) is 0 Å². The lowest BCUT2D eigenvalue weighted by Gasteiger charge is -2.22. The van der Waals surface area contributed by atoms with Gasteiger partial charge in [-0.15, -0.1) is 0 Å². The lowest BCUT2D eigenvalue weighted by Crippen LogP contribution is -2.28. The minimum atomic E-state index is 0.227. The zero-order valence-corrected chi connectivity index (χ0v) is 14.6. The van der Waals surface area contributed by atoms with Crippen LogP contribution in [0.3, 0.4) is 0 Å². The summed E-state index contributed by atoms with van der Waals surface area (Å²) in [5.74, 6) is 1.54. The number of hydrogen-bond donors (Lipinski definition) is 0. The van der Waals surface area contributed by atoms with E-state index < -0.39 is 0 Å². The van der Waals surface area contributed by atoms with Crippen LogP contribution < -0.4 is 0 Å². The highest BCUT2D eigenvalue weighted by Crippen LogP contribution is 2.23. The second kappa shape index (κ2) is 7.99. The first-order chi connectivity index (χ1) is 11.2. The molecule has 1 aliphatic heterocycles. The van der Waals surface area contributed by atoms with Gasteiger partial charge in [-0.05, 0) is 30.0 Å². The number of hydrogen-bond acceptors (Lipinski definition) is 4. The van der Waals surface area contributed by atoms with Crippen molar-refractivity contribution in [2.75, 3.05) is 25.6 Å². The number of aromatic nitrogens is 2. The molecule has 0 aliphatic carbocycles. The highest BCUT2D eigenvalue weighted by molar-refractivity contribution is 7.99. The number of ether oxygens (including phenoxy) is 2. The van der Waals surface area contributed by atoms with Gasteiger partial charge < -0.3 is 9.47 Å². The average Bonchev–Trinajstić information content (AvgIpc) is 3.04. The minimum absolute atomic E-state index is 0.227. The Balaban J connectivity index is 1.60. The van der Waals surface area contributed by atoms with Gasteiger partial charge in [-0.3, -0.25) is 4.57 Å². The molecule has 0 spiro atoms. The number of benzene rings is 1. The van der Waals surface area contributed by atoms with Crippen molar-refractivity contribution in [3.8, 4) is 5.69 Å². The minimum Gasteiger partial charge on any atom is -0.376 e. The average molecular weight is 332 g/mol. The highest BCUT2D eigenvalue weighted by atomic mass is 32.2. The Kier molecular flexibility index (Phi) is 5.75. The molecule has 23 heavy (non-hydrogen) atoms. The van der Waals surface area contributed by atoms with Crippen molar-refractivity contribution in [3.63, 3.8) is 0 Å². The quantitative estimate of drug-likeness (QED) is 0.752. The Bertz CT molecular complexity index is 604. The summed E-state index contributed by atoms with van der Waals surface area (Å²) < 4.78 is 13.3. The molecule has 3 rings (SSSR count). The van der Waals surface area contributed by atoms with E-state index in [1.165, 1.54) is 5.56 Å². The van der Waals surface area contributed by atoms with Crippen molar-refractivity contribution in [3.05, 3.63) is 42.2 Å². The summed E-state index contributed by atoms with van der Waals surface area (Å²) in [4.78, 5) is 4.49. The molecular formula is C18H24N2O2S. The third-order valence-corrected chi connectivity index (χ3v) is 5.00. The standard InChI is InChI=1S/C18H24N2O2S/c1-14(2)15-3-5-16(6-4-15)20-9-8-19-18(20)23-12-7-17-13-21-10-11-22-17/h3-6,8-9,14,17H,7,10-13H2,1-2H3. The summed E-state index contributed by atoms with van der Waals surface area (Å²) >= 11 is 1.77. The van der Waals surface area contributed by atoms with Crippen LogP contribution in [0.5, 0.6) is 0 Å². The molecule has 1 atom stereocenters. The predicted octanol–water partition coefficient (Wildman–Crippen LogP) is 3.89. The van der Waals surface area contributed by atoms with Crippen molar-refractivity contribution in [1.29, 1.82) is 0 Å². The molecule has 5 heteroatoms. The molecule has 1 aliphatic rings. The second-order valence-corrected chi connectivity index (χ2v) is 7.09. The lowest BCUT2D eigenvalue weighted by molar-refractivity contribution is -0.0883. The molecular weight excluding hydrogens is 308 g/mol. The fourth-order valence-electron chi connectivity index (χ4n) is 2.60. The van der Waals surface area contributed by atoms with Crippen LogP contribution in [0.2, 0.25) is 0 Å². The molecule has 1 fully saturated rings. The molecule has 0 amide bonds. The fraction of sp³-hybridized carbons (Fsp3) is 0.500. The summed E-state index contributed by atoms with van der Waals surface area (Å²) in [7, 11) is 0. The third-order valence-electron chi connectivity index (χ3n) is 4.00. The lowest BCUT2D eigenvalue weighted by atomic mass is 10.0. The Morgan fingerprint density at radius 1 is 1.26 bits per heavy atom. The van der Waals surface area contributed by atoms with Gasteiger partial charge in [0.2, 0.25) is 0 Å². The van der Waals surface area contributed by atoms with Crippen molar-refractivity contribution in [2.24, 2.45) is 0 Å². The third kappa shape index (κ3) is 4.37. The smallest absolute Gasteiger partial charge is 0.172 e. The Morgan fingerprint density at radius 3 is 2.78 bits per heavy atom. The first kappa shape index (κ1) is 16.6. The van der Waals surface area contributed by atoms with Crippen molar-refractivity contribution < 1.29 is 9.47 Å². The summed E-state index contributed by atoms with van der Waals surface area (Å²) in [6, 6.07) is 8.72. The van der Waals surface area contributed by atoms with E-state index in [0.717, 1.165) is 29.6 Å². The van der Waals surface area contributed by atoms with Gasteiger partial charge >= 0.3 is 0 Å². The molecule has 0 saturated carbocycles. The van der Waals surface area contributed by atoms with E-state index in [1.807, 2.05) is 12.4 Å². The molecule has 2 aromatic rings. The number of thioether (sulfide) groups is 1.